The summed E-state index contributed by atoms with van der Waals surface area (Å²) in [6, 6.07) is 4.54. The maximum Gasteiger partial charge on any atom is 0.106 e. The topological polar surface area (TPSA) is 17.8 Å². The lowest BCUT2D eigenvalue weighted by Crippen LogP contribution is -2.09. The van der Waals surface area contributed by atoms with Crippen LogP contribution in [0.2, 0.25) is 0 Å². The summed E-state index contributed by atoms with van der Waals surface area (Å²) in [5, 5.41) is 0. The zero-order valence-corrected chi connectivity index (χ0v) is 12.0. The van der Waals surface area contributed by atoms with Crippen molar-refractivity contribution in [3.63, 3.8) is 0 Å². The van der Waals surface area contributed by atoms with Crippen LogP contribution in [0.25, 0.3) is 0 Å². The lowest BCUT2D eigenvalue weighted by atomic mass is 10.0. The highest BCUT2D eigenvalue weighted by Crippen LogP contribution is 2.25. The summed E-state index contributed by atoms with van der Waals surface area (Å²) in [6.45, 7) is 5.38. The second-order valence-corrected chi connectivity index (χ2v) is 6.32. The van der Waals surface area contributed by atoms with Crippen LogP contribution in [0.4, 0.5) is 0 Å². The van der Waals surface area contributed by atoms with Gasteiger partial charge in [-0.2, -0.15) is 0 Å². The van der Waals surface area contributed by atoms with Crippen molar-refractivity contribution in [2.45, 2.75) is 52.5 Å². The van der Waals surface area contributed by atoms with Crippen molar-refractivity contribution in [3.8, 4) is 0 Å². The van der Waals surface area contributed by atoms with Gasteiger partial charge in [0.05, 0.1) is 12.2 Å². The van der Waals surface area contributed by atoms with Crippen molar-refractivity contribution >= 4 is 11.3 Å². The Bertz CT molecular complexity index is 551. The molecule has 0 spiro atoms. The molecule has 0 aliphatic heterocycles. The van der Waals surface area contributed by atoms with Gasteiger partial charge in [-0.15, -0.1) is 11.3 Å². The molecule has 1 aliphatic carbocycles. The van der Waals surface area contributed by atoms with E-state index >= 15 is 0 Å². The molecule has 0 amide bonds. The van der Waals surface area contributed by atoms with Crippen LogP contribution < -0.4 is 0 Å². The highest BCUT2D eigenvalue weighted by atomic mass is 32.1. The van der Waals surface area contributed by atoms with Crippen molar-refractivity contribution in [3.05, 3.63) is 39.1 Å². The average Bonchev–Trinajstić information content (AvgIpc) is 2.96. The second-order valence-electron chi connectivity index (χ2n) is 5.07. The summed E-state index contributed by atoms with van der Waals surface area (Å²) in [7, 11) is 0. The molecule has 0 saturated heterocycles. The minimum atomic E-state index is 1.01. The van der Waals surface area contributed by atoms with E-state index in [2.05, 4.69) is 30.5 Å². The highest BCUT2D eigenvalue weighted by Gasteiger charge is 2.18. The summed E-state index contributed by atoms with van der Waals surface area (Å²) >= 11 is 1.94. The number of nitrogens with zero attached hydrogens (tertiary/aromatic N) is 2. The molecule has 0 unspecified atom stereocenters. The maximum absolute atomic E-state index is 4.74. The predicted molar refractivity (Wildman–Crippen MR) is 76.4 cm³/mol. The summed E-state index contributed by atoms with van der Waals surface area (Å²) in [6.07, 6.45) is 6.16. The van der Waals surface area contributed by atoms with Gasteiger partial charge >= 0.3 is 0 Å². The maximum atomic E-state index is 4.74. The van der Waals surface area contributed by atoms with Crippen LogP contribution in [0.3, 0.4) is 0 Å². The lowest BCUT2D eigenvalue weighted by Gasteiger charge is -2.14. The molecule has 0 saturated carbocycles. The van der Waals surface area contributed by atoms with Gasteiger partial charge in [0.1, 0.15) is 5.82 Å². The first-order valence-corrected chi connectivity index (χ1v) is 7.72. The number of hydrogen-bond acceptors (Lipinski definition) is 2. The zero-order chi connectivity index (χ0) is 12.5. The first-order chi connectivity index (χ1) is 8.78. The third-order valence-corrected chi connectivity index (χ3v) is 5.02. The summed E-state index contributed by atoms with van der Waals surface area (Å²) < 4.78 is 2.43. The van der Waals surface area contributed by atoms with E-state index in [0.717, 1.165) is 13.0 Å². The van der Waals surface area contributed by atoms with E-state index in [9.17, 15) is 0 Å². The molecular weight excluding hydrogens is 240 g/mol. The number of rotatable bonds is 3. The van der Waals surface area contributed by atoms with E-state index in [0.29, 0.717) is 0 Å². The number of aryl methyl sites for hydroxylation is 3. The molecule has 0 bridgehead atoms. The molecule has 0 atom stereocenters. The Labute approximate surface area is 113 Å². The van der Waals surface area contributed by atoms with Crippen LogP contribution >= 0.6 is 11.3 Å². The molecule has 0 radical (unpaired) electrons. The minimum absolute atomic E-state index is 1.01. The molecule has 0 N–H and O–H groups in total. The number of aromatic nitrogens is 2. The molecular formula is C15H20N2S. The highest BCUT2D eigenvalue weighted by molar-refractivity contribution is 7.11. The zero-order valence-electron chi connectivity index (χ0n) is 11.2. The van der Waals surface area contributed by atoms with Crippen molar-refractivity contribution in [2.24, 2.45) is 0 Å². The number of thiophene rings is 1. The standard InChI is InChI=1S/C15H20N2S/c1-3-12-8-9-13(18-12)10-17-11(2)16-14-6-4-5-7-15(14)17/h8-9H,3-7,10H2,1-2H3. The Morgan fingerprint density at radius 3 is 2.78 bits per heavy atom. The predicted octanol–water partition coefficient (Wildman–Crippen LogP) is 3.74. The third-order valence-electron chi connectivity index (χ3n) is 3.80. The van der Waals surface area contributed by atoms with Gasteiger partial charge in [0.25, 0.3) is 0 Å². The third kappa shape index (κ3) is 2.12. The normalized spacial score (nSPS) is 14.8. The van der Waals surface area contributed by atoms with Crippen molar-refractivity contribution < 1.29 is 0 Å². The first-order valence-electron chi connectivity index (χ1n) is 6.90. The summed E-state index contributed by atoms with van der Waals surface area (Å²) in [4.78, 5) is 7.68. The Balaban J connectivity index is 1.90. The fourth-order valence-corrected chi connectivity index (χ4v) is 3.75. The van der Waals surface area contributed by atoms with Gasteiger partial charge in [-0.3, -0.25) is 0 Å². The number of fused-ring (bicyclic) bond motifs is 1. The van der Waals surface area contributed by atoms with E-state index in [1.165, 1.54) is 52.6 Å². The Morgan fingerprint density at radius 1 is 1.22 bits per heavy atom. The van der Waals surface area contributed by atoms with Crippen LogP contribution in [0.15, 0.2) is 12.1 Å². The van der Waals surface area contributed by atoms with Crippen LogP contribution in [0.1, 0.15) is 46.7 Å². The monoisotopic (exact) mass is 260 g/mol. The van der Waals surface area contributed by atoms with Crippen molar-refractivity contribution in [1.29, 1.82) is 0 Å². The first kappa shape index (κ1) is 12.0. The summed E-state index contributed by atoms with van der Waals surface area (Å²) in [5.74, 6) is 1.19. The van der Waals surface area contributed by atoms with Gasteiger partial charge in [0, 0.05) is 15.4 Å². The van der Waals surface area contributed by atoms with E-state index in [1.807, 2.05) is 11.3 Å². The van der Waals surface area contributed by atoms with Crippen LogP contribution in [0.5, 0.6) is 0 Å². The SMILES string of the molecule is CCc1ccc(Cn2c(C)nc3c2CCCC3)s1. The molecule has 2 aromatic heterocycles. The van der Waals surface area contributed by atoms with E-state index < -0.39 is 0 Å². The van der Waals surface area contributed by atoms with Gasteiger partial charge in [0.2, 0.25) is 0 Å². The van der Waals surface area contributed by atoms with E-state index in [1.54, 1.807) is 0 Å². The molecule has 3 rings (SSSR count). The van der Waals surface area contributed by atoms with Crippen LogP contribution in [0, 0.1) is 6.92 Å². The van der Waals surface area contributed by atoms with Gasteiger partial charge in [0.15, 0.2) is 0 Å². The molecule has 0 aromatic carbocycles. The summed E-state index contributed by atoms with van der Waals surface area (Å²) in [5.41, 5.74) is 2.84. The van der Waals surface area contributed by atoms with Gasteiger partial charge < -0.3 is 4.57 Å². The average molecular weight is 260 g/mol. The Kier molecular flexibility index (Phi) is 3.25. The van der Waals surface area contributed by atoms with E-state index in [4.69, 9.17) is 4.98 Å². The second kappa shape index (κ2) is 4.88. The smallest absolute Gasteiger partial charge is 0.106 e. The van der Waals surface area contributed by atoms with E-state index in [-0.39, 0.29) is 0 Å². The molecule has 2 aromatic rings. The van der Waals surface area contributed by atoms with Crippen molar-refractivity contribution in [1.82, 2.24) is 9.55 Å². The molecule has 0 fully saturated rings. The lowest BCUT2D eigenvalue weighted by molar-refractivity contribution is 0.626. The fraction of sp³-hybridized carbons (Fsp3) is 0.533. The molecule has 96 valence electrons. The molecule has 3 heteroatoms. The van der Waals surface area contributed by atoms with Gasteiger partial charge in [-0.1, -0.05) is 6.92 Å². The van der Waals surface area contributed by atoms with Crippen LogP contribution in [-0.4, -0.2) is 9.55 Å². The quantitative estimate of drug-likeness (QED) is 0.822. The van der Waals surface area contributed by atoms with Gasteiger partial charge in [-0.05, 0) is 51.2 Å². The van der Waals surface area contributed by atoms with Crippen molar-refractivity contribution in [2.75, 3.05) is 0 Å². The molecule has 1 aliphatic rings. The van der Waals surface area contributed by atoms with Gasteiger partial charge in [-0.25, -0.2) is 4.98 Å². The Hall–Kier alpha value is -1.09. The van der Waals surface area contributed by atoms with Crippen LogP contribution in [-0.2, 0) is 25.8 Å². The molecule has 2 nitrogen and oxygen atoms in total. The molecule has 2 heterocycles. The fourth-order valence-electron chi connectivity index (χ4n) is 2.80. The number of imidazole rings is 1. The Morgan fingerprint density at radius 2 is 2.00 bits per heavy atom. The molecule has 18 heavy (non-hydrogen) atoms. The minimum Gasteiger partial charge on any atom is -0.327 e. The number of hydrogen-bond donors (Lipinski definition) is 0. The largest absolute Gasteiger partial charge is 0.327 e.